The normalized spacial score (nSPS) is 18.7. The fraction of sp³-hybridized carbons (Fsp3) is 0.316. The minimum Gasteiger partial charge on any atom is -0.358 e. The lowest BCUT2D eigenvalue weighted by molar-refractivity contribution is 0.0923. The van der Waals surface area contributed by atoms with Crippen LogP contribution < -0.4 is 0 Å². The molecule has 2 aromatic heterocycles. The zero-order valence-corrected chi connectivity index (χ0v) is 14.0. The van der Waals surface area contributed by atoms with Gasteiger partial charge in [0.25, 0.3) is 0 Å². The molecule has 3 nitrogen and oxygen atoms in total. The maximum atomic E-state index is 13.0. The molecule has 0 bridgehead atoms. The lowest BCUT2D eigenvalue weighted by Crippen LogP contribution is -2.29. The molecular weight excluding hydrogens is 304 g/mol. The SMILES string of the molecule is Cc1[nH]c2ccccc2c1C(=O)CN1CCCC1c1cccs1. The van der Waals surface area contributed by atoms with E-state index in [9.17, 15) is 4.79 Å². The number of fused-ring (bicyclic) bond motifs is 1. The van der Waals surface area contributed by atoms with Gasteiger partial charge in [-0.05, 0) is 43.8 Å². The average Bonchev–Trinajstić information content (AvgIpc) is 3.24. The summed E-state index contributed by atoms with van der Waals surface area (Å²) in [5.41, 5.74) is 2.88. The van der Waals surface area contributed by atoms with Crippen LogP contribution in [0.4, 0.5) is 0 Å². The number of H-pyrrole nitrogens is 1. The molecule has 4 heteroatoms. The number of para-hydroxylation sites is 1. The Morgan fingerprint density at radius 2 is 2.17 bits per heavy atom. The van der Waals surface area contributed by atoms with Gasteiger partial charge < -0.3 is 4.98 Å². The van der Waals surface area contributed by atoms with E-state index < -0.39 is 0 Å². The molecule has 0 saturated carbocycles. The van der Waals surface area contributed by atoms with Crippen LogP contribution in [0.25, 0.3) is 10.9 Å². The molecule has 1 unspecified atom stereocenters. The van der Waals surface area contributed by atoms with E-state index in [0.29, 0.717) is 12.6 Å². The number of likely N-dealkylation sites (tertiary alicyclic amines) is 1. The van der Waals surface area contributed by atoms with E-state index in [1.807, 2.05) is 31.2 Å². The highest BCUT2D eigenvalue weighted by molar-refractivity contribution is 7.10. The van der Waals surface area contributed by atoms with Gasteiger partial charge in [0.2, 0.25) is 0 Å². The number of thiophene rings is 1. The Hall–Kier alpha value is -1.91. The molecule has 1 fully saturated rings. The highest BCUT2D eigenvalue weighted by atomic mass is 32.1. The van der Waals surface area contributed by atoms with Gasteiger partial charge in [0.05, 0.1) is 6.54 Å². The Kier molecular flexibility index (Phi) is 3.79. The molecule has 118 valence electrons. The summed E-state index contributed by atoms with van der Waals surface area (Å²) in [5.74, 6) is 0.225. The van der Waals surface area contributed by atoms with E-state index in [4.69, 9.17) is 0 Å². The van der Waals surface area contributed by atoms with Gasteiger partial charge in [0, 0.05) is 33.1 Å². The molecule has 1 saturated heterocycles. The molecule has 1 aliphatic heterocycles. The number of Topliss-reactive ketones (excluding diaryl/α,β-unsaturated/α-hetero) is 1. The summed E-state index contributed by atoms with van der Waals surface area (Å²) in [4.78, 5) is 20.0. The Morgan fingerprint density at radius 1 is 1.30 bits per heavy atom. The number of aromatic amines is 1. The molecule has 0 spiro atoms. The van der Waals surface area contributed by atoms with Crippen molar-refractivity contribution in [2.45, 2.75) is 25.8 Å². The van der Waals surface area contributed by atoms with Crippen LogP contribution in [0.2, 0.25) is 0 Å². The van der Waals surface area contributed by atoms with Gasteiger partial charge in [0.15, 0.2) is 5.78 Å². The second kappa shape index (κ2) is 5.95. The van der Waals surface area contributed by atoms with Crippen molar-refractivity contribution < 1.29 is 4.79 Å². The topological polar surface area (TPSA) is 36.1 Å². The maximum Gasteiger partial charge on any atom is 0.179 e. The number of hydrogen-bond acceptors (Lipinski definition) is 3. The van der Waals surface area contributed by atoms with Crippen molar-refractivity contribution in [1.82, 2.24) is 9.88 Å². The summed E-state index contributed by atoms with van der Waals surface area (Å²) in [6, 6.07) is 12.8. The van der Waals surface area contributed by atoms with Crippen LogP contribution in [-0.2, 0) is 0 Å². The standard InChI is InChI=1S/C19H20N2OS/c1-13-19(14-6-2-3-7-15(14)20-13)17(22)12-21-10-4-8-16(21)18-9-5-11-23-18/h2-3,5-7,9,11,16,20H,4,8,10,12H2,1H3. The molecule has 3 aromatic rings. The summed E-state index contributed by atoms with van der Waals surface area (Å²) in [7, 11) is 0. The van der Waals surface area contributed by atoms with Crippen molar-refractivity contribution in [3.63, 3.8) is 0 Å². The van der Waals surface area contributed by atoms with Gasteiger partial charge in [-0.1, -0.05) is 24.3 Å². The third kappa shape index (κ3) is 2.62. The first-order valence-corrected chi connectivity index (χ1v) is 9.00. The monoisotopic (exact) mass is 324 g/mol. The van der Waals surface area contributed by atoms with E-state index in [2.05, 4.69) is 27.4 Å². The van der Waals surface area contributed by atoms with Gasteiger partial charge in [-0.15, -0.1) is 11.3 Å². The largest absolute Gasteiger partial charge is 0.358 e. The van der Waals surface area contributed by atoms with Crippen LogP contribution in [0.1, 0.15) is 39.8 Å². The number of carbonyl (C=O) groups excluding carboxylic acids is 1. The number of aromatic nitrogens is 1. The number of benzene rings is 1. The molecule has 1 aliphatic rings. The van der Waals surface area contributed by atoms with E-state index >= 15 is 0 Å². The van der Waals surface area contributed by atoms with Gasteiger partial charge in [-0.25, -0.2) is 0 Å². The summed E-state index contributed by atoms with van der Waals surface area (Å²) >= 11 is 1.80. The molecule has 1 aromatic carbocycles. The number of nitrogens with zero attached hydrogens (tertiary/aromatic N) is 1. The lowest BCUT2D eigenvalue weighted by atomic mass is 10.1. The summed E-state index contributed by atoms with van der Waals surface area (Å²) < 4.78 is 0. The molecule has 4 rings (SSSR count). The smallest absolute Gasteiger partial charge is 0.179 e. The molecule has 0 radical (unpaired) electrons. The van der Waals surface area contributed by atoms with Crippen molar-refractivity contribution in [1.29, 1.82) is 0 Å². The second-order valence-electron chi connectivity index (χ2n) is 6.24. The lowest BCUT2D eigenvalue weighted by Gasteiger charge is -2.22. The highest BCUT2D eigenvalue weighted by Crippen LogP contribution is 2.34. The first-order chi connectivity index (χ1) is 11.2. The van der Waals surface area contributed by atoms with Crippen molar-refractivity contribution in [2.24, 2.45) is 0 Å². The van der Waals surface area contributed by atoms with Gasteiger partial charge in [0.1, 0.15) is 0 Å². The molecule has 1 N–H and O–H groups in total. The second-order valence-corrected chi connectivity index (χ2v) is 7.22. The zero-order chi connectivity index (χ0) is 15.8. The number of ketones is 1. The molecule has 3 heterocycles. The fourth-order valence-corrected chi connectivity index (χ4v) is 4.61. The number of rotatable bonds is 4. The number of nitrogens with one attached hydrogen (secondary N) is 1. The van der Waals surface area contributed by atoms with Crippen LogP contribution in [0, 0.1) is 6.92 Å². The van der Waals surface area contributed by atoms with E-state index in [1.54, 1.807) is 11.3 Å². The third-order valence-electron chi connectivity index (χ3n) is 4.75. The van der Waals surface area contributed by atoms with Gasteiger partial charge >= 0.3 is 0 Å². The first-order valence-electron chi connectivity index (χ1n) is 8.12. The van der Waals surface area contributed by atoms with Crippen molar-refractivity contribution in [3.05, 3.63) is 57.9 Å². The Balaban J connectivity index is 1.61. The number of aryl methyl sites for hydroxylation is 1. The molecule has 23 heavy (non-hydrogen) atoms. The van der Waals surface area contributed by atoms with E-state index in [1.165, 1.54) is 11.3 Å². The van der Waals surface area contributed by atoms with Crippen LogP contribution >= 0.6 is 11.3 Å². The Labute approximate surface area is 139 Å². The van der Waals surface area contributed by atoms with Crippen LogP contribution in [0.3, 0.4) is 0 Å². The van der Waals surface area contributed by atoms with Crippen molar-refractivity contribution >= 4 is 28.0 Å². The number of hydrogen-bond donors (Lipinski definition) is 1. The molecule has 0 amide bonds. The highest BCUT2D eigenvalue weighted by Gasteiger charge is 2.29. The molecule has 0 aliphatic carbocycles. The van der Waals surface area contributed by atoms with Gasteiger partial charge in [-0.2, -0.15) is 0 Å². The van der Waals surface area contributed by atoms with Crippen LogP contribution in [-0.4, -0.2) is 28.8 Å². The third-order valence-corrected chi connectivity index (χ3v) is 5.73. The number of carbonyl (C=O) groups is 1. The quantitative estimate of drug-likeness (QED) is 0.714. The molecular formula is C19H20N2OS. The maximum absolute atomic E-state index is 13.0. The minimum absolute atomic E-state index is 0.225. The summed E-state index contributed by atoms with van der Waals surface area (Å²) in [6.07, 6.45) is 2.32. The predicted molar refractivity (Wildman–Crippen MR) is 95.2 cm³/mol. The Morgan fingerprint density at radius 3 is 3.00 bits per heavy atom. The fourth-order valence-electron chi connectivity index (χ4n) is 3.72. The van der Waals surface area contributed by atoms with Crippen molar-refractivity contribution in [3.8, 4) is 0 Å². The first kappa shape index (κ1) is 14.7. The van der Waals surface area contributed by atoms with Gasteiger partial charge in [-0.3, -0.25) is 9.69 Å². The van der Waals surface area contributed by atoms with Crippen molar-refractivity contribution in [2.75, 3.05) is 13.1 Å². The van der Waals surface area contributed by atoms with E-state index in [0.717, 1.165) is 35.1 Å². The zero-order valence-electron chi connectivity index (χ0n) is 13.2. The molecule has 1 atom stereocenters. The van der Waals surface area contributed by atoms with Crippen LogP contribution in [0.5, 0.6) is 0 Å². The predicted octanol–water partition coefficient (Wildman–Crippen LogP) is 4.56. The summed E-state index contributed by atoms with van der Waals surface area (Å²) in [5, 5.41) is 3.17. The minimum atomic E-state index is 0.225. The van der Waals surface area contributed by atoms with Crippen LogP contribution in [0.15, 0.2) is 41.8 Å². The summed E-state index contributed by atoms with van der Waals surface area (Å²) in [6.45, 7) is 3.51. The Bertz CT molecular complexity index is 834. The average molecular weight is 324 g/mol. The van der Waals surface area contributed by atoms with E-state index in [-0.39, 0.29) is 5.78 Å².